The van der Waals surface area contributed by atoms with Gasteiger partial charge in [-0.25, -0.2) is 0 Å². The number of hydrogen-bond acceptors (Lipinski definition) is 0. The van der Waals surface area contributed by atoms with Crippen LogP contribution >= 0.6 is 0 Å². The number of allylic oxidation sites excluding steroid dienone is 8. The summed E-state index contributed by atoms with van der Waals surface area (Å²) in [6.45, 7) is 2.18. The SMILES string of the molecule is CC1=C\CC/C=C/CC/C=C\CC/C=C\1. The van der Waals surface area contributed by atoms with Gasteiger partial charge in [-0.2, -0.15) is 0 Å². The standard InChI is InChI=1S/C15H22/c1-15-13-11-9-7-5-3-2-4-6-8-10-12-14-15/h3,5-6,8,11,13-14H,2,4,7,9-10,12H2,1H3/b5-3-,8-6+,13-11-,15-14+. The fraction of sp³-hybridized carbons (Fsp3) is 0.467. The Bertz CT molecular complexity index is 264. The summed E-state index contributed by atoms with van der Waals surface area (Å²) in [6.07, 6.45) is 23.1. The Morgan fingerprint density at radius 1 is 0.667 bits per heavy atom. The summed E-state index contributed by atoms with van der Waals surface area (Å²) >= 11 is 0. The molecule has 1 rings (SSSR count). The molecular formula is C15H22. The molecule has 15 heavy (non-hydrogen) atoms. The molecule has 1 aliphatic rings. The first kappa shape index (κ1) is 12.0. The second-order valence-electron chi connectivity index (χ2n) is 4.03. The molecule has 0 atom stereocenters. The van der Waals surface area contributed by atoms with Crippen LogP contribution in [-0.4, -0.2) is 0 Å². The quantitative estimate of drug-likeness (QED) is 0.487. The average molecular weight is 202 g/mol. The second-order valence-corrected chi connectivity index (χ2v) is 4.03. The molecule has 0 saturated carbocycles. The van der Waals surface area contributed by atoms with Crippen LogP contribution in [0.2, 0.25) is 0 Å². The van der Waals surface area contributed by atoms with Crippen LogP contribution in [0.1, 0.15) is 45.4 Å². The molecule has 0 spiro atoms. The third-order valence-corrected chi connectivity index (χ3v) is 2.51. The topological polar surface area (TPSA) is 0 Å². The van der Waals surface area contributed by atoms with Crippen LogP contribution < -0.4 is 0 Å². The van der Waals surface area contributed by atoms with E-state index in [0.717, 1.165) is 6.42 Å². The molecule has 0 heterocycles. The van der Waals surface area contributed by atoms with E-state index in [4.69, 9.17) is 0 Å². The van der Waals surface area contributed by atoms with Crippen molar-refractivity contribution >= 4 is 0 Å². The van der Waals surface area contributed by atoms with Crippen LogP contribution in [0.5, 0.6) is 0 Å². The largest absolute Gasteiger partial charge is 0.0882 e. The summed E-state index contributed by atoms with van der Waals surface area (Å²) in [6, 6.07) is 0. The van der Waals surface area contributed by atoms with Crippen LogP contribution in [0.15, 0.2) is 48.1 Å². The highest BCUT2D eigenvalue weighted by Gasteiger charge is 1.84. The third-order valence-electron chi connectivity index (χ3n) is 2.51. The zero-order chi connectivity index (χ0) is 10.8. The lowest BCUT2D eigenvalue weighted by molar-refractivity contribution is 0.979. The highest BCUT2D eigenvalue weighted by atomic mass is 13.9. The van der Waals surface area contributed by atoms with Gasteiger partial charge in [0.25, 0.3) is 0 Å². The highest BCUT2D eigenvalue weighted by molar-refractivity contribution is 5.16. The van der Waals surface area contributed by atoms with Gasteiger partial charge in [-0.15, -0.1) is 0 Å². The molecule has 0 unspecified atom stereocenters. The Morgan fingerprint density at radius 3 is 1.73 bits per heavy atom. The van der Waals surface area contributed by atoms with Crippen LogP contribution in [0.3, 0.4) is 0 Å². The molecule has 0 amide bonds. The van der Waals surface area contributed by atoms with Gasteiger partial charge in [0.05, 0.1) is 0 Å². The summed E-state index contributed by atoms with van der Waals surface area (Å²) < 4.78 is 0. The monoisotopic (exact) mass is 202 g/mol. The van der Waals surface area contributed by atoms with Crippen LogP contribution in [0.25, 0.3) is 0 Å². The van der Waals surface area contributed by atoms with Crippen molar-refractivity contribution in [2.24, 2.45) is 0 Å². The van der Waals surface area contributed by atoms with Crippen molar-refractivity contribution in [2.75, 3.05) is 0 Å². The molecule has 1 aliphatic carbocycles. The fourth-order valence-corrected chi connectivity index (χ4v) is 1.60. The van der Waals surface area contributed by atoms with Gasteiger partial charge in [0.1, 0.15) is 0 Å². The maximum atomic E-state index is 2.32. The van der Waals surface area contributed by atoms with Gasteiger partial charge in [-0.3, -0.25) is 0 Å². The highest BCUT2D eigenvalue weighted by Crippen LogP contribution is 2.05. The minimum Gasteiger partial charge on any atom is -0.0882 e. The van der Waals surface area contributed by atoms with Crippen LogP contribution in [0.4, 0.5) is 0 Å². The third kappa shape index (κ3) is 6.96. The molecule has 0 nitrogen and oxygen atoms in total. The molecule has 0 heteroatoms. The Morgan fingerprint density at radius 2 is 1.13 bits per heavy atom. The van der Waals surface area contributed by atoms with Crippen molar-refractivity contribution in [1.82, 2.24) is 0 Å². The molecule has 0 aromatic rings. The molecule has 0 N–H and O–H groups in total. The van der Waals surface area contributed by atoms with Gasteiger partial charge in [0, 0.05) is 0 Å². The van der Waals surface area contributed by atoms with E-state index in [1.54, 1.807) is 0 Å². The maximum absolute atomic E-state index is 2.32. The van der Waals surface area contributed by atoms with Crippen molar-refractivity contribution in [3.8, 4) is 0 Å². The van der Waals surface area contributed by atoms with Crippen molar-refractivity contribution in [3.05, 3.63) is 48.1 Å². The van der Waals surface area contributed by atoms with Gasteiger partial charge >= 0.3 is 0 Å². The summed E-state index contributed by atoms with van der Waals surface area (Å²) in [5, 5.41) is 0. The van der Waals surface area contributed by atoms with E-state index >= 15 is 0 Å². The van der Waals surface area contributed by atoms with Crippen molar-refractivity contribution in [2.45, 2.75) is 45.4 Å². The van der Waals surface area contributed by atoms with E-state index in [-0.39, 0.29) is 0 Å². The molecule has 0 fully saturated rings. The lowest BCUT2D eigenvalue weighted by Gasteiger charge is -1.94. The average Bonchev–Trinajstić information content (AvgIpc) is 2.24. The first-order valence-corrected chi connectivity index (χ1v) is 6.03. The van der Waals surface area contributed by atoms with E-state index in [1.165, 1.54) is 37.7 Å². The van der Waals surface area contributed by atoms with Crippen LogP contribution in [-0.2, 0) is 0 Å². The first-order valence-electron chi connectivity index (χ1n) is 6.03. The van der Waals surface area contributed by atoms with Crippen molar-refractivity contribution in [1.29, 1.82) is 0 Å². The van der Waals surface area contributed by atoms with Gasteiger partial charge in [-0.05, 0) is 45.4 Å². The van der Waals surface area contributed by atoms with Crippen molar-refractivity contribution in [3.63, 3.8) is 0 Å². The van der Waals surface area contributed by atoms with E-state index in [2.05, 4.69) is 49.5 Å². The molecule has 0 aromatic carbocycles. The second kappa shape index (κ2) is 8.28. The Labute approximate surface area is 94.1 Å². The summed E-state index contributed by atoms with van der Waals surface area (Å²) in [5.41, 5.74) is 1.39. The smallest absolute Gasteiger partial charge is 0.0310 e. The lowest BCUT2D eigenvalue weighted by Crippen LogP contribution is -1.74. The van der Waals surface area contributed by atoms with E-state index in [1.807, 2.05) is 0 Å². The Balaban J connectivity index is 2.46. The summed E-state index contributed by atoms with van der Waals surface area (Å²) in [4.78, 5) is 0. The normalized spacial score (nSPS) is 29.5. The van der Waals surface area contributed by atoms with Crippen molar-refractivity contribution < 1.29 is 0 Å². The van der Waals surface area contributed by atoms with Crippen LogP contribution in [0, 0.1) is 0 Å². The Hall–Kier alpha value is -1.04. The van der Waals surface area contributed by atoms with Gasteiger partial charge < -0.3 is 0 Å². The lowest BCUT2D eigenvalue weighted by atomic mass is 10.1. The van der Waals surface area contributed by atoms with E-state index in [0.29, 0.717) is 0 Å². The minimum absolute atomic E-state index is 1.16. The van der Waals surface area contributed by atoms with E-state index < -0.39 is 0 Å². The number of hydrogen-bond donors (Lipinski definition) is 0. The molecule has 0 radical (unpaired) electrons. The predicted molar refractivity (Wildman–Crippen MR) is 68.9 cm³/mol. The molecule has 0 bridgehead atoms. The Kier molecular flexibility index (Phi) is 6.64. The van der Waals surface area contributed by atoms with Gasteiger partial charge in [0.2, 0.25) is 0 Å². The summed E-state index contributed by atoms with van der Waals surface area (Å²) in [7, 11) is 0. The molecule has 0 saturated heterocycles. The van der Waals surface area contributed by atoms with Gasteiger partial charge in [-0.1, -0.05) is 48.1 Å². The molecular weight excluding hydrogens is 180 g/mol. The number of rotatable bonds is 0. The molecule has 0 aromatic heterocycles. The zero-order valence-corrected chi connectivity index (χ0v) is 9.78. The summed E-state index contributed by atoms with van der Waals surface area (Å²) in [5.74, 6) is 0. The predicted octanol–water partition coefficient (Wildman–Crippen LogP) is 4.96. The van der Waals surface area contributed by atoms with Gasteiger partial charge in [0.15, 0.2) is 0 Å². The molecule has 82 valence electrons. The maximum Gasteiger partial charge on any atom is -0.0310 e. The minimum atomic E-state index is 1.16. The fourth-order valence-electron chi connectivity index (χ4n) is 1.60. The zero-order valence-electron chi connectivity index (χ0n) is 9.78. The van der Waals surface area contributed by atoms with E-state index in [9.17, 15) is 0 Å². The first-order chi connectivity index (χ1) is 7.39. The molecule has 0 aliphatic heterocycles.